The Morgan fingerprint density at radius 1 is 0.857 bits per heavy atom. The molecule has 2 nitrogen and oxygen atoms in total. The molecular weight excluding hydrogens is 263 g/mol. The summed E-state index contributed by atoms with van der Waals surface area (Å²) >= 11 is 0. The predicted octanol–water partition coefficient (Wildman–Crippen LogP) is 4.49. The Morgan fingerprint density at radius 2 is 1.43 bits per heavy atom. The Kier molecular flexibility index (Phi) is 8.18. The summed E-state index contributed by atoms with van der Waals surface area (Å²) < 4.78 is 12.8. The van der Waals surface area contributed by atoms with E-state index in [9.17, 15) is 4.39 Å². The molecule has 2 fully saturated rings. The SMILES string of the molecule is CC(C)N1C(C)CCCC1C.CC(C)N1CCCC(F)C1. The van der Waals surface area contributed by atoms with Gasteiger partial charge in [0.2, 0.25) is 0 Å². The van der Waals surface area contributed by atoms with Gasteiger partial charge in [0.1, 0.15) is 6.17 Å². The Hall–Kier alpha value is -0.150. The van der Waals surface area contributed by atoms with Crippen molar-refractivity contribution < 1.29 is 4.39 Å². The van der Waals surface area contributed by atoms with Crippen molar-refractivity contribution in [1.82, 2.24) is 9.80 Å². The fourth-order valence-corrected chi connectivity index (χ4v) is 3.88. The van der Waals surface area contributed by atoms with Crippen molar-refractivity contribution >= 4 is 0 Å². The lowest BCUT2D eigenvalue weighted by Gasteiger charge is -2.41. The predicted molar refractivity (Wildman–Crippen MR) is 90.6 cm³/mol. The van der Waals surface area contributed by atoms with Crippen LogP contribution in [0.4, 0.5) is 4.39 Å². The minimum Gasteiger partial charge on any atom is -0.298 e. The molecule has 2 aliphatic heterocycles. The third-order valence-corrected chi connectivity index (χ3v) is 4.98. The van der Waals surface area contributed by atoms with Crippen LogP contribution >= 0.6 is 0 Å². The number of halogens is 1. The number of nitrogens with zero attached hydrogens (tertiary/aromatic N) is 2. The molecule has 2 aliphatic rings. The minimum absolute atomic E-state index is 0.513. The van der Waals surface area contributed by atoms with Crippen molar-refractivity contribution in [2.75, 3.05) is 13.1 Å². The summed E-state index contributed by atoms with van der Waals surface area (Å²) in [5.74, 6) is 0. The molecule has 0 aromatic heterocycles. The second kappa shape index (κ2) is 9.09. The van der Waals surface area contributed by atoms with Crippen LogP contribution in [-0.4, -0.2) is 53.2 Å². The smallest absolute Gasteiger partial charge is 0.113 e. The Bertz CT molecular complexity index is 270. The van der Waals surface area contributed by atoms with Crippen molar-refractivity contribution in [3.05, 3.63) is 0 Å². The molecule has 0 N–H and O–H groups in total. The number of piperidine rings is 2. The summed E-state index contributed by atoms with van der Waals surface area (Å²) in [6.45, 7) is 15.3. The zero-order chi connectivity index (χ0) is 16.0. The molecule has 0 amide bonds. The van der Waals surface area contributed by atoms with E-state index in [-0.39, 0.29) is 0 Å². The van der Waals surface area contributed by atoms with Crippen molar-refractivity contribution in [3.63, 3.8) is 0 Å². The van der Waals surface area contributed by atoms with E-state index in [2.05, 4.69) is 51.3 Å². The maximum Gasteiger partial charge on any atom is 0.113 e. The Labute approximate surface area is 132 Å². The van der Waals surface area contributed by atoms with Crippen LogP contribution in [-0.2, 0) is 0 Å². The second-order valence-corrected chi connectivity index (χ2v) is 7.50. The summed E-state index contributed by atoms with van der Waals surface area (Å²) in [5, 5.41) is 0. The van der Waals surface area contributed by atoms with E-state index in [4.69, 9.17) is 0 Å². The number of alkyl halides is 1. The highest BCUT2D eigenvalue weighted by atomic mass is 19.1. The van der Waals surface area contributed by atoms with Crippen molar-refractivity contribution in [2.45, 2.75) is 104 Å². The highest BCUT2D eigenvalue weighted by Gasteiger charge is 2.26. The van der Waals surface area contributed by atoms with E-state index in [0.29, 0.717) is 12.6 Å². The van der Waals surface area contributed by atoms with Crippen LogP contribution in [0.3, 0.4) is 0 Å². The topological polar surface area (TPSA) is 6.48 Å². The quantitative estimate of drug-likeness (QED) is 0.741. The van der Waals surface area contributed by atoms with Crippen LogP contribution in [0.25, 0.3) is 0 Å². The van der Waals surface area contributed by atoms with Gasteiger partial charge in [-0.2, -0.15) is 0 Å². The lowest BCUT2D eigenvalue weighted by molar-refractivity contribution is 0.0705. The zero-order valence-electron chi connectivity index (χ0n) is 15.1. The van der Waals surface area contributed by atoms with Gasteiger partial charge in [-0.05, 0) is 73.8 Å². The summed E-state index contributed by atoms with van der Waals surface area (Å²) in [5.41, 5.74) is 0. The van der Waals surface area contributed by atoms with Gasteiger partial charge in [-0.1, -0.05) is 6.42 Å². The maximum atomic E-state index is 12.8. The standard InChI is InChI=1S/C10H21N.C8H16FN/c1-8(2)11-9(3)6-5-7-10(11)4;1-7(2)10-5-3-4-8(9)6-10/h8-10H,5-7H2,1-4H3;7-8H,3-6H2,1-2H3. The van der Waals surface area contributed by atoms with Crippen LogP contribution in [0.5, 0.6) is 0 Å². The molecule has 0 bridgehead atoms. The summed E-state index contributed by atoms with van der Waals surface area (Å²) in [7, 11) is 0. The monoisotopic (exact) mass is 300 g/mol. The van der Waals surface area contributed by atoms with E-state index in [1.165, 1.54) is 19.3 Å². The Balaban J connectivity index is 0.000000211. The van der Waals surface area contributed by atoms with E-state index in [0.717, 1.165) is 37.5 Å². The van der Waals surface area contributed by atoms with Gasteiger partial charge in [-0.3, -0.25) is 9.80 Å². The van der Waals surface area contributed by atoms with Gasteiger partial charge >= 0.3 is 0 Å². The van der Waals surface area contributed by atoms with E-state index in [1.807, 2.05) is 0 Å². The summed E-state index contributed by atoms with van der Waals surface area (Å²) in [4.78, 5) is 4.84. The number of hydrogen-bond acceptors (Lipinski definition) is 2. The molecule has 0 spiro atoms. The fourth-order valence-electron chi connectivity index (χ4n) is 3.88. The highest BCUT2D eigenvalue weighted by molar-refractivity contribution is 4.81. The van der Waals surface area contributed by atoms with Crippen LogP contribution in [0, 0.1) is 0 Å². The van der Waals surface area contributed by atoms with Crippen LogP contribution < -0.4 is 0 Å². The van der Waals surface area contributed by atoms with Crippen molar-refractivity contribution in [3.8, 4) is 0 Å². The van der Waals surface area contributed by atoms with Gasteiger partial charge in [0, 0.05) is 30.7 Å². The normalized spacial score (nSPS) is 32.1. The molecule has 0 aromatic carbocycles. The van der Waals surface area contributed by atoms with Gasteiger partial charge in [0.05, 0.1) is 0 Å². The third kappa shape index (κ3) is 6.23. The first-order valence-corrected chi connectivity index (χ1v) is 8.98. The number of rotatable bonds is 2. The lowest BCUT2D eigenvalue weighted by Crippen LogP contribution is -2.47. The average Bonchev–Trinajstić information content (AvgIpc) is 2.38. The largest absolute Gasteiger partial charge is 0.298 e. The van der Waals surface area contributed by atoms with Gasteiger partial charge < -0.3 is 0 Å². The lowest BCUT2D eigenvalue weighted by atomic mass is 9.96. The number of likely N-dealkylation sites (tertiary alicyclic amines) is 2. The third-order valence-electron chi connectivity index (χ3n) is 4.98. The molecule has 0 aromatic rings. The van der Waals surface area contributed by atoms with Crippen LogP contribution in [0.2, 0.25) is 0 Å². The second-order valence-electron chi connectivity index (χ2n) is 7.50. The molecular formula is C18H37FN2. The maximum absolute atomic E-state index is 12.8. The summed E-state index contributed by atoms with van der Waals surface area (Å²) in [6, 6.07) is 2.84. The minimum atomic E-state index is -0.573. The molecule has 2 heterocycles. The van der Waals surface area contributed by atoms with Gasteiger partial charge in [0.25, 0.3) is 0 Å². The van der Waals surface area contributed by atoms with Gasteiger partial charge in [-0.15, -0.1) is 0 Å². The van der Waals surface area contributed by atoms with E-state index in [1.54, 1.807) is 0 Å². The van der Waals surface area contributed by atoms with E-state index < -0.39 is 6.17 Å². The number of hydrogen-bond donors (Lipinski definition) is 0. The van der Waals surface area contributed by atoms with Crippen molar-refractivity contribution in [2.24, 2.45) is 0 Å². The van der Waals surface area contributed by atoms with Gasteiger partial charge in [0.15, 0.2) is 0 Å². The fraction of sp³-hybridized carbons (Fsp3) is 1.00. The Morgan fingerprint density at radius 3 is 1.76 bits per heavy atom. The molecule has 2 rings (SSSR count). The molecule has 0 saturated carbocycles. The van der Waals surface area contributed by atoms with E-state index >= 15 is 0 Å². The molecule has 0 radical (unpaired) electrons. The summed E-state index contributed by atoms with van der Waals surface area (Å²) in [6.07, 6.45) is 5.43. The molecule has 3 atom stereocenters. The molecule has 2 saturated heterocycles. The zero-order valence-corrected chi connectivity index (χ0v) is 15.1. The molecule has 3 heteroatoms. The molecule has 21 heavy (non-hydrogen) atoms. The average molecular weight is 301 g/mol. The first kappa shape index (κ1) is 18.9. The van der Waals surface area contributed by atoms with Crippen LogP contribution in [0.1, 0.15) is 73.6 Å². The van der Waals surface area contributed by atoms with Crippen molar-refractivity contribution in [1.29, 1.82) is 0 Å². The first-order valence-electron chi connectivity index (χ1n) is 8.98. The molecule has 126 valence electrons. The van der Waals surface area contributed by atoms with Crippen LogP contribution in [0.15, 0.2) is 0 Å². The first-order chi connectivity index (χ1) is 9.82. The molecule has 3 unspecified atom stereocenters. The molecule has 0 aliphatic carbocycles. The van der Waals surface area contributed by atoms with Gasteiger partial charge in [-0.25, -0.2) is 4.39 Å². The highest BCUT2D eigenvalue weighted by Crippen LogP contribution is 2.24.